The number of hydrogen-bond donors (Lipinski definition) is 0. The third kappa shape index (κ3) is 86.6. The Balaban J connectivity index is -0.000000123. The highest BCUT2D eigenvalue weighted by Crippen LogP contribution is 2.41. The SMILES string of the molecule is C.C.C=CC(C)C.CC(C)(C)C.CC(C)C.CC(C)Cc1ccccc1.CC(C)c1ccc(Br)cc1.CCCCCC(C)C.COCCC(C)(C)C.COCCC(C)(C)C.COc1cc(C(C)(C)C)cc(OC)c1OC.COc1ccc(C(C)(C)C)cc1.CSCC(C)C. The fourth-order valence-electron chi connectivity index (χ4n) is 6.49. The quantitative estimate of drug-likeness (QED) is 0.0727. The zero-order chi connectivity index (χ0) is 73.5. The van der Waals surface area contributed by atoms with E-state index >= 15 is 0 Å². The van der Waals surface area contributed by atoms with Crippen molar-refractivity contribution >= 4 is 27.7 Å². The molecule has 556 valence electrons. The Bertz CT molecular complexity index is 2130. The molecular formula is C86H163BrO6S. The van der Waals surface area contributed by atoms with Gasteiger partial charge in [0.1, 0.15) is 5.75 Å². The van der Waals surface area contributed by atoms with E-state index in [-0.39, 0.29) is 25.7 Å². The van der Waals surface area contributed by atoms with E-state index in [1.165, 1.54) is 54.5 Å². The third-order valence-electron chi connectivity index (χ3n) is 12.0. The summed E-state index contributed by atoms with van der Waals surface area (Å²) < 4.78 is 32.0. The first-order chi connectivity index (χ1) is 42.1. The Morgan fingerprint density at radius 3 is 1.11 bits per heavy atom. The van der Waals surface area contributed by atoms with Crippen LogP contribution in [0.3, 0.4) is 0 Å². The van der Waals surface area contributed by atoms with Crippen molar-refractivity contribution in [3.63, 3.8) is 0 Å². The van der Waals surface area contributed by atoms with Gasteiger partial charge in [-0.1, -0.05) is 325 Å². The Morgan fingerprint density at radius 1 is 0.500 bits per heavy atom. The average molecular weight is 1410 g/mol. The summed E-state index contributed by atoms with van der Waals surface area (Å²) >= 11 is 5.30. The van der Waals surface area contributed by atoms with Crippen molar-refractivity contribution in [2.75, 3.05) is 67.9 Å². The van der Waals surface area contributed by atoms with Gasteiger partial charge in [-0.3, -0.25) is 0 Å². The molecule has 0 N–H and O–H groups in total. The lowest BCUT2D eigenvalue weighted by molar-refractivity contribution is 0.159. The number of benzene rings is 4. The molecule has 0 amide bonds. The predicted octanol–water partition coefficient (Wildman–Crippen LogP) is 28.6. The molecule has 0 aliphatic heterocycles. The lowest BCUT2D eigenvalue weighted by atomic mass is 9.86. The van der Waals surface area contributed by atoms with Crippen LogP contribution in [0.5, 0.6) is 23.0 Å². The number of hydrogen-bond acceptors (Lipinski definition) is 7. The lowest BCUT2D eigenvalue weighted by Crippen LogP contribution is -2.11. The minimum Gasteiger partial charge on any atom is -0.497 e. The summed E-state index contributed by atoms with van der Waals surface area (Å²) in [6.07, 6.45) is 13.1. The maximum atomic E-state index is 5.31. The molecule has 0 unspecified atom stereocenters. The highest BCUT2D eigenvalue weighted by atomic mass is 79.9. The van der Waals surface area contributed by atoms with Gasteiger partial charge in [0.15, 0.2) is 11.5 Å². The maximum absolute atomic E-state index is 5.31. The summed E-state index contributed by atoms with van der Waals surface area (Å²) in [6.45, 7) is 71.3. The molecule has 94 heavy (non-hydrogen) atoms. The van der Waals surface area contributed by atoms with Crippen LogP contribution in [0, 0.1) is 45.8 Å². The molecule has 0 aliphatic rings. The van der Waals surface area contributed by atoms with Gasteiger partial charge in [0, 0.05) is 31.9 Å². The second kappa shape index (κ2) is 64.3. The van der Waals surface area contributed by atoms with Crippen LogP contribution in [-0.4, -0.2) is 67.9 Å². The highest BCUT2D eigenvalue weighted by molar-refractivity contribution is 9.10. The zero-order valence-electron chi connectivity index (χ0n) is 67.7. The normalized spacial score (nSPS) is 10.6. The van der Waals surface area contributed by atoms with Crippen molar-refractivity contribution < 1.29 is 28.4 Å². The molecule has 0 bridgehead atoms. The van der Waals surface area contributed by atoms with Gasteiger partial charge in [-0.2, -0.15) is 11.8 Å². The largest absolute Gasteiger partial charge is 0.497 e. The molecule has 4 aromatic carbocycles. The van der Waals surface area contributed by atoms with Crippen LogP contribution < -0.4 is 18.9 Å². The van der Waals surface area contributed by atoms with Crippen LogP contribution >= 0.6 is 27.7 Å². The predicted molar refractivity (Wildman–Crippen MR) is 438 cm³/mol. The van der Waals surface area contributed by atoms with E-state index in [0.717, 1.165) is 65.5 Å². The lowest BCUT2D eigenvalue weighted by Gasteiger charge is -2.22. The van der Waals surface area contributed by atoms with Crippen LogP contribution in [0.25, 0.3) is 0 Å². The van der Waals surface area contributed by atoms with Crippen molar-refractivity contribution in [2.24, 2.45) is 45.8 Å². The second-order valence-electron chi connectivity index (χ2n) is 32.0. The van der Waals surface area contributed by atoms with Crippen LogP contribution in [0.15, 0.2) is 108 Å². The number of methoxy groups -OCH3 is 6. The van der Waals surface area contributed by atoms with Crippen molar-refractivity contribution in [3.8, 4) is 23.0 Å². The van der Waals surface area contributed by atoms with Gasteiger partial charge in [0.2, 0.25) is 5.75 Å². The smallest absolute Gasteiger partial charge is 0.203 e. The number of thioether (sulfide) groups is 1. The van der Waals surface area contributed by atoms with E-state index in [1.54, 1.807) is 42.7 Å². The van der Waals surface area contributed by atoms with Gasteiger partial charge in [0.25, 0.3) is 0 Å². The first kappa shape index (κ1) is 109. The highest BCUT2D eigenvalue weighted by Gasteiger charge is 2.20. The molecule has 8 heteroatoms. The summed E-state index contributed by atoms with van der Waals surface area (Å²) in [4.78, 5) is 0. The van der Waals surface area contributed by atoms with E-state index in [2.05, 4.69) is 303 Å². The molecular weight excluding hydrogens is 1240 g/mol. The summed E-state index contributed by atoms with van der Waals surface area (Å²) in [5, 5.41) is 0. The van der Waals surface area contributed by atoms with Crippen molar-refractivity contribution in [1.82, 2.24) is 0 Å². The number of unbranched alkanes of at least 4 members (excludes halogenated alkanes) is 2. The summed E-state index contributed by atoms with van der Waals surface area (Å²) in [6, 6.07) is 31.3. The zero-order valence-corrected chi connectivity index (χ0v) is 70.1. The molecule has 6 nitrogen and oxygen atoms in total. The van der Waals surface area contributed by atoms with Crippen molar-refractivity contribution in [1.29, 1.82) is 0 Å². The van der Waals surface area contributed by atoms with E-state index in [9.17, 15) is 0 Å². The van der Waals surface area contributed by atoms with E-state index in [4.69, 9.17) is 28.4 Å². The first-order valence-electron chi connectivity index (χ1n) is 34.5. The molecule has 0 spiro atoms. The summed E-state index contributed by atoms with van der Waals surface area (Å²) in [5.41, 5.74) is 6.96. The second-order valence-corrected chi connectivity index (χ2v) is 33.8. The van der Waals surface area contributed by atoms with Crippen LogP contribution in [0.1, 0.15) is 289 Å². The standard InChI is InChI=1S/C13H20O3.C11H16O.C10H14.C9H11Br.C8H18.2C7H16O.C5H12S.C5H12.C5H10.C4H10.2CH4/c1-13(2,3)9-7-10(14-4)12(16-6)11(8-9)15-5;1-11(2,3)9-5-7-10(12-4)8-6-9;1-9(2)8-10-6-4-3-5-7-10;1-7(2)8-3-5-9(10)6-4-8;1-4-5-6-7-8(2)3;2*1-7(2,3)5-6-8-4;1-5(2)4-6-3;1-5(2,3)4;1-4-5(2)3;1-4(2)3;;/h7-8H,1-6H3;5-8H,1-4H3;3-7,9H,8H2,1-2H3;3-7H,1-2H3;8H,4-7H2,1-3H3;2*5-6H2,1-4H3;5H,4H2,1-3H3;1-4H3;4-5H,1H2,2-3H3;4H,1-3H3;2*1H4. The molecule has 0 saturated heterocycles. The maximum Gasteiger partial charge on any atom is 0.203 e. The monoisotopic (exact) mass is 1400 g/mol. The minimum atomic E-state index is 0. The first-order valence-corrected chi connectivity index (χ1v) is 36.7. The van der Waals surface area contributed by atoms with E-state index < -0.39 is 0 Å². The number of halogens is 1. The molecule has 4 rings (SSSR count). The Morgan fingerprint density at radius 2 is 0.883 bits per heavy atom. The van der Waals surface area contributed by atoms with E-state index in [1.807, 2.05) is 42.1 Å². The summed E-state index contributed by atoms with van der Waals surface area (Å²) in [5.74, 6) is 8.89. The van der Waals surface area contributed by atoms with Gasteiger partial charge in [-0.25, -0.2) is 0 Å². The molecule has 0 saturated carbocycles. The minimum absolute atomic E-state index is 0. The summed E-state index contributed by atoms with van der Waals surface area (Å²) in [7, 11) is 10.0. The van der Waals surface area contributed by atoms with E-state index in [0.29, 0.717) is 45.3 Å². The molecule has 0 aromatic heterocycles. The number of allylic oxidation sites excluding steroid dienone is 1. The number of rotatable bonds is 18. The number of ether oxygens (including phenoxy) is 6. The van der Waals surface area contributed by atoms with Crippen molar-refractivity contribution in [2.45, 2.75) is 284 Å². The van der Waals surface area contributed by atoms with Gasteiger partial charge >= 0.3 is 0 Å². The molecule has 4 aromatic rings. The molecule has 0 fully saturated rings. The van der Waals surface area contributed by atoms with Crippen LogP contribution in [0.2, 0.25) is 0 Å². The van der Waals surface area contributed by atoms with Gasteiger partial charge in [0.05, 0.1) is 28.4 Å². The average Bonchev–Trinajstić information content (AvgIpc) is 1.63. The Kier molecular flexibility index (Phi) is 74.7. The van der Waals surface area contributed by atoms with Crippen molar-refractivity contribution in [3.05, 3.63) is 130 Å². The Labute approximate surface area is 603 Å². The molecule has 0 aliphatic carbocycles. The van der Waals surface area contributed by atoms with Gasteiger partial charge < -0.3 is 28.4 Å². The van der Waals surface area contributed by atoms with Gasteiger partial charge in [-0.15, -0.1) is 6.58 Å². The van der Waals surface area contributed by atoms with Crippen LogP contribution in [-0.2, 0) is 26.7 Å². The molecule has 0 heterocycles. The fourth-order valence-corrected chi connectivity index (χ4v) is 7.42. The topological polar surface area (TPSA) is 55.4 Å². The van der Waals surface area contributed by atoms with Gasteiger partial charge in [-0.05, 0) is 153 Å². The van der Waals surface area contributed by atoms with Crippen LogP contribution in [0.4, 0.5) is 0 Å². The molecule has 0 radical (unpaired) electrons. The molecule has 0 atom stereocenters. The fraction of sp³-hybridized carbons (Fsp3) is 0.698. The third-order valence-corrected chi connectivity index (χ3v) is 13.5. The Hall–Kier alpha value is -3.43.